The largest absolute Gasteiger partial charge is 0.375 e. The van der Waals surface area contributed by atoms with Crippen LogP contribution in [0.3, 0.4) is 0 Å². The van der Waals surface area contributed by atoms with Crippen LogP contribution in [0.5, 0.6) is 0 Å². The van der Waals surface area contributed by atoms with Crippen molar-refractivity contribution in [3.05, 3.63) is 35.4 Å². The highest BCUT2D eigenvalue weighted by Gasteiger charge is 2.43. The second-order valence-corrected chi connectivity index (χ2v) is 6.43. The summed E-state index contributed by atoms with van der Waals surface area (Å²) in [6.45, 7) is 3.09. The molecular formula is C17H25NO. The quantitative estimate of drug-likeness (QED) is 0.904. The van der Waals surface area contributed by atoms with E-state index in [9.17, 15) is 0 Å². The standard InChI is InChI=1S/C17H25NO/c1-13-5-2-3-6-14(13)11-16(18)15-7-10-19-17(12-15)8-4-9-17/h2-3,5-6,15-16H,4,7-12,18H2,1H3. The van der Waals surface area contributed by atoms with E-state index >= 15 is 0 Å². The van der Waals surface area contributed by atoms with Gasteiger partial charge in [-0.05, 0) is 62.5 Å². The third-order valence-corrected chi connectivity index (χ3v) is 5.12. The fourth-order valence-electron chi connectivity index (χ4n) is 3.61. The van der Waals surface area contributed by atoms with Crippen LogP contribution < -0.4 is 5.73 Å². The average molecular weight is 259 g/mol. The second kappa shape index (κ2) is 5.26. The van der Waals surface area contributed by atoms with Crippen molar-refractivity contribution < 1.29 is 4.74 Å². The molecule has 0 radical (unpaired) electrons. The summed E-state index contributed by atoms with van der Waals surface area (Å²) < 4.78 is 6.00. The van der Waals surface area contributed by atoms with E-state index in [1.54, 1.807) is 0 Å². The molecule has 1 heterocycles. The summed E-state index contributed by atoms with van der Waals surface area (Å²) in [5.74, 6) is 0.633. The summed E-state index contributed by atoms with van der Waals surface area (Å²) in [4.78, 5) is 0. The lowest BCUT2D eigenvalue weighted by Crippen LogP contribution is -2.49. The molecule has 2 unspecified atom stereocenters. The molecule has 2 atom stereocenters. The fraction of sp³-hybridized carbons (Fsp3) is 0.647. The van der Waals surface area contributed by atoms with Gasteiger partial charge in [-0.3, -0.25) is 0 Å². The van der Waals surface area contributed by atoms with Crippen molar-refractivity contribution in [2.75, 3.05) is 6.61 Å². The number of hydrogen-bond donors (Lipinski definition) is 1. The highest BCUT2D eigenvalue weighted by molar-refractivity contribution is 5.26. The predicted molar refractivity (Wildman–Crippen MR) is 78.1 cm³/mol. The van der Waals surface area contributed by atoms with E-state index in [0.29, 0.717) is 5.92 Å². The lowest BCUT2D eigenvalue weighted by atomic mass is 9.70. The fourth-order valence-corrected chi connectivity index (χ4v) is 3.61. The van der Waals surface area contributed by atoms with Crippen LogP contribution in [0.1, 0.15) is 43.2 Å². The van der Waals surface area contributed by atoms with Crippen LogP contribution in [0.25, 0.3) is 0 Å². The van der Waals surface area contributed by atoms with Gasteiger partial charge in [0.1, 0.15) is 0 Å². The van der Waals surface area contributed by atoms with Gasteiger partial charge in [-0.1, -0.05) is 24.3 Å². The molecule has 3 rings (SSSR count). The zero-order chi connectivity index (χ0) is 13.3. The lowest BCUT2D eigenvalue weighted by molar-refractivity contribution is -0.145. The van der Waals surface area contributed by atoms with E-state index in [1.165, 1.54) is 36.8 Å². The topological polar surface area (TPSA) is 35.2 Å². The highest BCUT2D eigenvalue weighted by atomic mass is 16.5. The maximum Gasteiger partial charge on any atom is 0.0685 e. The summed E-state index contributed by atoms with van der Waals surface area (Å²) in [7, 11) is 0. The molecule has 104 valence electrons. The zero-order valence-corrected chi connectivity index (χ0v) is 11.9. The molecule has 2 N–H and O–H groups in total. The van der Waals surface area contributed by atoms with Gasteiger partial charge in [0, 0.05) is 12.6 Å². The molecular weight excluding hydrogens is 234 g/mol. The van der Waals surface area contributed by atoms with Gasteiger partial charge in [-0.25, -0.2) is 0 Å². The number of aryl methyl sites for hydroxylation is 1. The Labute approximate surface area is 116 Å². The van der Waals surface area contributed by atoms with Crippen molar-refractivity contribution in [1.82, 2.24) is 0 Å². The summed E-state index contributed by atoms with van der Waals surface area (Å²) in [5, 5.41) is 0. The molecule has 2 nitrogen and oxygen atoms in total. The average Bonchev–Trinajstić information content (AvgIpc) is 2.40. The first kappa shape index (κ1) is 13.1. The molecule has 1 spiro atoms. The van der Waals surface area contributed by atoms with E-state index in [1.807, 2.05) is 0 Å². The molecule has 1 aromatic carbocycles. The van der Waals surface area contributed by atoms with Gasteiger partial charge in [-0.2, -0.15) is 0 Å². The van der Waals surface area contributed by atoms with Crippen molar-refractivity contribution in [3.8, 4) is 0 Å². The first-order chi connectivity index (χ1) is 9.19. The molecule has 1 aromatic rings. The first-order valence-electron chi connectivity index (χ1n) is 7.63. The monoisotopic (exact) mass is 259 g/mol. The molecule has 1 aliphatic heterocycles. The molecule has 0 aromatic heterocycles. The van der Waals surface area contributed by atoms with E-state index < -0.39 is 0 Å². The van der Waals surface area contributed by atoms with Crippen LogP contribution in [0.15, 0.2) is 24.3 Å². The second-order valence-electron chi connectivity index (χ2n) is 6.43. The molecule has 0 amide bonds. The van der Waals surface area contributed by atoms with Crippen LogP contribution in [-0.2, 0) is 11.2 Å². The maximum absolute atomic E-state index is 6.49. The van der Waals surface area contributed by atoms with Gasteiger partial charge in [0.2, 0.25) is 0 Å². The smallest absolute Gasteiger partial charge is 0.0685 e. The van der Waals surface area contributed by atoms with Crippen molar-refractivity contribution >= 4 is 0 Å². The van der Waals surface area contributed by atoms with Crippen LogP contribution in [0, 0.1) is 12.8 Å². The predicted octanol–water partition coefficient (Wildman–Crippen LogP) is 3.21. The van der Waals surface area contributed by atoms with E-state index in [4.69, 9.17) is 10.5 Å². The van der Waals surface area contributed by atoms with Crippen LogP contribution in [-0.4, -0.2) is 18.2 Å². The molecule has 0 bridgehead atoms. The molecule has 2 fully saturated rings. The van der Waals surface area contributed by atoms with Gasteiger partial charge >= 0.3 is 0 Å². The van der Waals surface area contributed by atoms with Gasteiger partial charge in [0.15, 0.2) is 0 Å². The van der Waals surface area contributed by atoms with Crippen molar-refractivity contribution in [2.45, 2.75) is 57.1 Å². The summed E-state index contributed by atoms with van der Waals surface area (Å²) >= 11 is 0. The number of ether oxygens (including phenoxy) is 1. The van der Waals surface area contributed by atoms with Crippen molar-refractivity contribution in [2.24, 2.45) is 11.7 Å². The Morgan fingerprint density at radius 1 is 1.37 bits per heavy atom. The number of nitrogens with two attached hydrogens (primary N) is 1. The molecule has 19 heavy (non-hydrogen) atoms. The highest BCUT2D eigenvalue weighted by Crippen LogP contribution is 2.45. The molecule has 1 saturated heterocycles. The van der Waals surface area contributed by atoms with Gasteiger partial charge in [0.05, 0.1) is 5.60 Å². The van der Waals surface area contributed by atoms with Crippen molar-refractivity contribution in [1.29, 1.82) is 0 Å². The van der Waals surface area contributed by atoms with E-state index in [2.05, 4.69) is 31.2 Å². The van der Waals surface area contributed by atoms with Gasteiger partial charge in [0.25, 0.3) is 0 Å². The lowest BCUT2D eigenvalue weighted by Gasteiger charge is -2.48. The Balaban J connectivity index is 1.64. The number of rotatable bonds is 3. The molecule has 1 saturated carbocycles. The normalized spacial score (nSPS) is 26.9. The van der Waals surface area contributed by atoms with Crippen LogP contribution in [0.4, 0.5) is 0 Å². The third-order valence-electron chi connectivity index (χ3n) is 5.12. The Bertz CT molecular complexity index is 439. The van der Waals surface area contributed by atoms with E-state index in [0.717, 1.165) is 19.4 Å². The number of hydrogen-bond acceptors (Lipinski definition) is 2. The molecule has 1 aliphatic carbocycles. The minimum atomic E-state index is 0.215. The molecule has 2 aliphatic rings. The molecule has 2 heteroatoms. The summed E-state index contributed by atoms with van der Waals surface area (Å²) in [6, 6.07) is 8.89. The minimum Gasteiger partial charge on any atom is -0.375 e. The Morgan fingerprint density at radius 2 is 2.16 bits per heavy atom. The summed E-state index contributed by atoms with van der Waals surface area (Å²) in [6.07, 6.45) is 7.16. The van der Waals surface area contributed by atoms with Gasteiger partial charge in [-0.15, -0.1) is 0 Å². The Kier molecular flexibility index (Phi) is 3.64. The van der Waals surface area contributed by atoms with Crippen molar-refractivity contribution in [3.63, 3.8) is 0 Å². The maximum atomic E-state index is 6.49. The Hall–Kier alpha value is -0.860. The Morgan fingerprint density at radius 3 is 2.84 bits per heavy atom. The van der Waals surface area contributed by atoms with Crippen LogP contribution in [0.2, 0.25) is 0 Å². The third kappa shape index (κ3) is 2.70. The summed E-state index contributed by atoms with van der Waals surface area (Å²) in [5.41, 5.74) is 9.48. The SMILES string of the molecule is Cc1ccccc1CC(N)C1CCOC2(CCC2)C1. The van der Waals surface area contributed by atoms with E-state index in [-0.39, 0.29) is 11.6 Å². The first-order valence-corrected chi connectivity index (χ1v) is 7.63. The zero-order valence-electron chi connectivity index (χ0n) is 11.9. The minimum absolute atomic E-state index is 0.215. The van der Waals surface area contributed by atoms with Crippen LogP contribution >= 0.6 is 0 Å². The number of benzene rings is 1. The van der Waals surface area contributed by atoms with Gasteiger partial charge < -0.3 is 10.5 Å².